The van der Waals surface area contributed by atoms with Crippen LogP contribution in [-0.4, -0.2) is 50.6 Å². The van der Waals surface area contributed by atoms with Crippen LogP contribution in [0.4, 0.5) is 11.5 Å². The molecule has 4 rings (SSSR count). The number of aromatic nitrogens is 4. The van der Waals surface area contributed by atoms with Gasteiger partial charge < -0.3 is 9.80 Å². The summed E-state index contributed by atoms with van der Waals surface area (Å²) in [6, 6.07) is 1.77. The lowest BCUT2D eigenvalue weighted by Gasteiger charge is -2.43. The van der Waals surface area contributed by atoms with Crippen molar-refractivity contribution in [1.29, 1.82) is 0 Å². The molecule has 1 amide bonds. The highest BCUT2D eigenvalue weighted by Crippen LogP contribution is 2.39. The zero-order valence-electron chi connectivity index (χ0n) is 15.9. The number of hydrogen-bond donors (Lipinski definition) is 0. The Morgan fingerprint density at radius 1 is 1.30 bits per heavy atom. The van der Waals surface area contributed by atoms with Crippen molar-refractivity contribution in [1.82, 2.24) is 19.7 Å². The second kappa shape index (κ2) is 6.75. The van der Waals surface area contributed by atoms with Gasteiger partial charge in [0, 0.05) is 26.2 Å². The van der Waals surface area contributed by atoms with Crippen LogP contribution in [0.1, 0.15) is 56.4 Å². The fourth-order valence-corrected chi connectivity index (χ4v) is 4.11. The second-order valence-electron chi connectivity index (χ2n) is 7.25. The molecule has 0 aromatic carbocycles. The van der Waals surface area contributed by atoms with Gasteiger partial charge >= 0.3 is 0 Å². The van der Waals surface area contributed by atoms with Crippen LogP contribution in [0.3, 0.4) is 0 Å². The molecule has 1 atom stereocenters. The monoisotopic (exact) mass is 368 g/mol. The van der Waals surface area contributed by atoms with E-state index in [1.54, 1.807) is 30.4 Å². The van der Waals surface area contributed by atoms with Crippen molar-refractivity contribution in [3.8, 4) is 5.95 Å². The number of anilines is 2. The van der Waals surface area contributed by atoms with Gasteiger partial charge in [0.2, 0.25) is 5.91 Å². The van der Waals surface area contributed by atoms with Crippen molar-refractivity contribution in [2.24, 2.45) is 0 Å². The van der Waals surface area contributed by atoms with E-state index in [1.165, 1.54) is 24.4 Å². The van der Waals surface area contributed by atoms with Crippen LogP contribution >= 0.6 is 0 Å². The van der Waals surface area contributed by atoms with Gasteiger partial charge in [-0.3, -0.25) is 9.59 Å². The Morgan fingerprint density at radius 3 is 2.67 bits per heavy atom. The second-order valence-corrected chi connectivity index (χ2v) is 7.25. The Kier molecular flexibility index (Phi) is 4.41. The lowest BCUT2D eigenvalue weighted by molar-refractivity contribution is -0.120. The van der Waals surface area contributed by atoms with Gasteiger partial charge in [-0.15, -0.1) is 0 Å². The average Bonchev–Trinajstić information content (AvgIpc) is 3.35. The van der Waals surface area contributed by atoms with E-state index in [9.17, 15) is 9.59 Å². The molecule has 0 radical (unpaired) electrons. The third-order valence-corrected chi connectivity index (χ3v) is 5.55. The molecule has 0 bridgehead atoms. The topological polar surface area (TPSA) is 84.2 Å². The summed E-state index contributed by atoms with van der Waals surface area (Å²) in [7, 11) is 1.78. The van der Waals surface area contributed by atoms with Gasteiger partial charge in [-0.2, -0.15) is 10.1 Å². The Morgan fingerprint density at radius 2 is 2.04 bits per heavy atom. The van der Waals surface area contributed by atoms with Crippen LogP contribution in [0.25, 0.3) is 5.95 Å². The van der Waals surface area contributed by atoms with Crippen molar-refractivity contribution >= 4 is 23.2 Å². The minimum atomic E-state index is -0.209. The molecule has 2 aromatic heterocycles. The highest BCUT2D eigenvalue weighted by Gasteiger charge is 2.41. The standard InChI is InChI=1S/C19H24N6O2/c1-4-15-18(27)23(3)16-11-20-19(24-10-9-14(22-24)12(2)26)21-17(16)25(15)13-7-5-6-8-13/h9-11,13,15H,4-8H2,1-3H3. The fraction of sp³-hybridized carbons (Fsp3) is 0.526. The van der Waals surface area contributed by atoms with Gasteiger partial charge in [-0.25, -0.2) is 9.67 Å². The van der Waals surface area contributed by atoms with Crippen LogP contribution in [0.2, 0.25) is 0 Å². The Bertz CT molecular complexity index is 886. The van der Waals surface area contributed by atoms with E-state index in [0.29, 0.717) is 17.7 Å². The van der Waals surface area contributed by atoms with Gasteiger partial charge in [0.1, 0.15) is 17.4 Å². The Labute approximate surface area is 158 Å². The number of amides is 1. The van der Waals surface area contributed by atoms with E-state index >= 15 is 0 Å². The third-order valence-electron chi connectivity index (χ3n) is 5.55. The lowest BCUT2D eigenvalue weighted by atomic mass is 10.0. The van der Waals surface area contributed by atoms with Crippen molar-refractivity contribution in [3.05, 3.63) is 24.2 Å². The summed E-state index contributed by atoms with van der Waals surface area (Å²) in [6.07, 6.45) is 8.59. The van der Waals surface area contributed by atoms with Crippen molar-refractivity contribution in [2.45, 2.75) is 58.0 Å². The van der Waals surface area contributed by atoms with E-state index in [4.69, 9.17) is 4.98 Å². The van der Waals surface area contributed by atoms with Gasteiger partial charge in [-0.05, 0) is 25.3 Å². The lowest BCUT2D eigenvalue weighted by Crippen LogP contribution is -2.55. The molecule has 1 fully saturated rings. The smallest absolute Gasteiger partial charge is 0.252 e. The maximum absolute atomic E-state index is 12.9. The van der Waals surface area contributed by atoms with Crippen molar-refractivity contribution < 1.29 is 9.59 Å². The summed E-state index contributed by atoms with van der Waals surface area (Å²) in [5.41, 5.74) is 1.10. The molecule has 0 saturated heterocycles. The highest BCUT2D eigenvalue weighted by atomic mass is 16.2. The van der Waals surface area contributed by atoms with E-state index in [2.05, 4.69) is 15.0 Å². The predicted octanol–water partition coefficient (Wildman–Crippen LogP) is 2.37. The summed E-state index contributed by atoms with van der Waals surface area (Å²) in [4.78, 5) is 37.5. The highest BCUT2D eigenvalue weighted by molar-refractivity contribution is 6.04. The molecule has 2 aromatic rings. The van der Waals surface area contributed by atoms with Crippen LogP contribution in [-0.2, 0) is 4.79 Å². The number of likely N-dealkylation sites (N-methyl/N-ethyl adjacent to an activating group) is 1. The molecule has 1 aliphatic carbocycles. The summed E-state index contributed by atoms with van der Waals surface area (Å²) in [5.74, 6) is 1.17. The number of nitrogens with zero attached hydrogens (tertiary/aromatic N) is 6. The van der Waals surface area contributed by atoms with E-state index in [0.717, 1.165) is 30.8 Å². The molecule has 3 heterocycles. The fourth-order valence-electron chi connectivity index (χ4n) is 4.11. The molecule has 8 nitrogen and oxygen atoms in total. The molecule has 2 aliphatic rings. The quantitative estimate of drug-likeness (QED) is 0.771. The number of ketones is 1. The Balaban J connectivity index is 1.81. The largest absolute Gasteiger partial charge is 0.340 e. The molecule has 8 heteroatoms. The molecular weight excluding hydrogens is 344 g/mol. The van der Waals surface area contributed by atoms with Gasteiger partial charge in [0.15, 0.2) is 11.6 Å². The number of carbonyl (C=O) groups is 2. The zero-order chi connectivity index (χ0) is 19.1. The number of Topliss-reactive ketones (excluding diaryl/α,β-unsaturated/α-hetero) is 1. The van der Waals surface area contributed by atoms with Crippen LogP contribution in [0.15, 0.2) is 18.5 Å². The molecule has 1 unspecified atom stereocenters. The summed E-state index contributed by atoms with van der Waals surface area (Å²) in [6.45, 7) is 3.52. The maximum Gasteiger partial charge on any atom is 0.252 e. The molecule has 27 heavy (non-hydrogen) atoms. The number of rotatable bonds is 4. The van der Waals surface area contributed by atoms with Crippen LogP contribution in [0.5, 0.6) is 0 Å². The van der Waals surface area contributed by atoms with Crippen molar-refractivity contribution in [3.63, 3.8) is 0 Å². The zero-order valence-corrected chi connectivity index (χ0v) is 15.9. The first-order valence-electron chi connectivity index (χ1n) is 9.51. The molecule has 0 spiro atoms. The molecule has 142 valence electrons. The first-order valence-corrected chi connectivity index (χ1v) is 9.51. The number of carbonyl (C=O) groups excluding carboxylic acids is 2. The normalized spacial score (nSPS) is 20.3. The number of fused-ring (bicyclic) bond motifs is 1. The van der Waals surface area contributed by atoms with E-state index in [-0.39, 0.29) is 17.7 Å². The molecule has 1 saturated carbocycles. The van der Waals surface area contributed by atoms with Crippen molar-refractivity contribution in [2.75, 3.05) is 16.8 Å². The van der Waals surface area contributed by atoms with Gasteiger partial charge in [-0.1, -0.05) is 19.8 Å². The minimum Gasteiger partial charge on any atom is -0.340 e. The first kappa shape index (κ1) is 17.6. The summed E-state index contributed by atoms with van der Waals surface area (Å²) >= 11 is 0. The summed E-state index contributed by atoms with van der Waals surface area (Å²) in [5, 5.41) is 4.27. The predicted molar refractivity (Wildman–Crippen MR) is 101 cm³/mol. The Hall–Kier alpha value is -2.77. The molecular formula is C19H24N6O2. The molecule has 0 N–H and O–H groups in total. The number of hydrogen-bond acceptors (Lipinski definition) is 6. The average molecular weight is 368 g/mol. The SMILES string of the molecule is CCC1C(=O)N(C)c2cnc(-n3ccc(C(C)=O)n3)nc2N1C1CCCC1. The molecule has 1 aliphatic heterocycles. The van der Waals surface area contributed by atoms with E-state index < -0.39 is 0 Å². The van der Waals surface area contributed by atoms with Gasteiger partial charge in [0.25, 0.3) is 5.95 Å². The van der Waals surface area contributed by atoms with Crippen LogP contribution in [0, 0.1) is 0 Å². The van der Waals surface area contributed by atoms with E-state index in [1.807, 2.05) is 6.92 Å². The summed E-state index contributed by atoms with van der Waals surface area (Å²) < 4.78 is 1.52. The maximum atomic E-state index is 12.9. The van der Waals surface area contributed by atoms with Gasteiger partial charge in [0.05, 0.1) is 6.20 Å². The third kappa shape index (κ3) is 2.89. The van der Waals surface area contributed by atoms with Crippen LogP contribution < -0.4 is 9.80 Å². The first-order chi connectivity index (χ1) is 13.0. The minimum absolute atomic E-state index is 0.0891.